The molecule has 39 heavy (non-hydrogen) atoms. The predicted molar refractivity (Wildman–Crippen MR) is 153 cm³/mol. The van der Waals surface area contributed by atoms with Gasteiger partial charge in [-0.15, -0.1) is 0 Å². The van der Waals surface area contributed by atoms with E-state index in [1.54, 1.807) is 6.20 Å². The van der Waals surface area contributed by atoms with Crippen LogP contribution in [0.1, 0.15) is 76.7 Å². The largest absolute Gasteiger partial charge is 0.461 e. The van der Waals surface area contributed by atoms with E-state index in [9.17, 15) is 0 Å². The van der Waals surface area contributed by atoms with Crippen molar-refractivity contribution in [1.29, 1.82) is 0 Å². The molecule has 0 radical (unpaired) electrons. The lowest BCUT2D eigenvalue weighted by Gasteiger charge is -2.34. The third-order valence-corrected chi connectivity index (χ3v) is 10.2. The summed E-state index contributed by atoms with van der Waals surface area (Å²) in [4.78, 5) is 19.3. The fourth-order valence-electron chi connectivity index (χ4n) is 7.92. The second-order valence-corrected chi connectivity index (χ2v) is 12.6. The number of aromatic nitrogens is 3. The Bertz CT molecular complexity index is 1360. The summed E-state index contributed by atoms with van der Waals surface area (Å²) in [6.45, 7) is 9.12. The lowest BCUT2D eigenvalue weighted by molar-refractivity contribution is 0.108. The zero-order valence-corrected chi connectivity index (χ0v) is 23.3. The van der Waals surface area contributed by atoms with Crippen molar-refractivity contribution >= 4 is 16.7 Å². The standard InChI is InChI=1S/C32H40FN5O/c1-3-21(2)24-8-4-5-9-25(24)28-27(33)29-26(17-34-28)30(37-18-22-10-11-23(16-22)19-37)36-31(35-29)39-20-32-12-6-14-38(32)15-7-13-32/h4-5,8-9,17,21-23H,3,6-7,10-16,18-20H2,1-2H3. The monoisotopic (exact) mass is 529 g/mol. The van der Waals surface area contributed by atoms with Crippen molar-refractivity contribution in [2.45, 2.75) is 76.7 Å². The highest BCUT2D eigenvalue weighted by Gasteiger charge is 2.45. The first-order chi connectivity index (χ1) is 19.0. The Hall–Kier alpha value is -2.80. The van der Waals surface area contributed by atoms with Gasteiger partial charge < -0.3 is 9.64 Å². The highest BCUT2D eigenvalue weighted by molar-refractivity contribution is 5.92. The molecule has 3 saturated heterocycles. The van der Waals surface area contributed by atoms with Crippen LogP contribution in [0.15, 0.2) is 30.5 Å². The smallest absolute Gasteiger partial charge is 0.319 e. The molecule has 2 aromatic heterocycles. The number of nitrogens with zero attached hydrogens (tertiary/aromatic N) is 5. The van der Waals surface area contributed by atoms with E-state index in [0.717, 1.165) is 62.4 Å². The van der Waals surface area contributed by atoms with Crippen molar-refractivity contribution in [3.63, 3.8) is 0 Å². The fourth-order valence-corrected chi connectivity index (χ4v) is 7.92. The van der Waals surface area contributed by atoms with Crippen molar-refractivity contribution in [1.82, 2.24) is 19.9 Å². The van der Waals surface area contributed by atoms with Crippen molar-refractivity contribution in [3.8, 4) is 17.3 Å². The molecular weight excluding hydrogens is 489 g/mol. The normalized spacial score (nSPS) is 24.8. The first-order valence-electron chi connectivity index (χ1n) is 15.1. The third kappa shape index (κ3) is 4.37. The van der Waals surface area contributed by atoms with Crippen LogP contribution in [0.3, 0.4) is 0 Å². The van der Waals surface area contributed by atoms with Gasteiger partial charge in [0.2, 0.25) is 0 Å². The number of ether oxygens (including phenoxy) is 1. The average molecular weight is 530 g/mol. The van der Waals surface area contributed by atoms with E-state index >= 15 is 4.39 Å². The summed E-state index contributed by atoms with van der Waals surface area (Å²) in [5.74, 6) is 2.08. The second kappa shape index (κ2) is 9.99. The Balaban J connectivity index is 1.32. The molecule has 7 rings (SSSR count). The number of rotatable bonds is 7. The maximum absolute atomic E-state index is 16.5. The molecule has 4 fully saturated rings. The van der Waals surface area contributed by atoms with Crippen LogP contribution in [0.25, 0.3) is 22.2 Å². The zero-order chi connectivity index (χ0) is 26.6. The van der Waals surface area contributed by atoms with Gasteiger partial charge in [0, 0.05) is 24.8 Å². The number of piperidine rings is 1. The molecule has 3 aromatic rings. The van der Waals surface area contributed by atoms with Gasteiger partial charge in [0.05, 0.1) is 10.9 Å². The summed E-state index contributed by atoms with van der Waals surface area (Å²) in [5, 5.41) is 0.687. The number of hydrogen-bond donors (Lipinski definition) is 0. The molecule has 206 valence electrons. The van der Waals surface area contributed by atoms with E-state index in [1.807, 2.05) is 18.2 Å². The topological polar surface area (TPSA) is 54.4 Å². The predicted octanol–water partition coefficient (Wildman–Crippen LogP) is 6.59. The number of halogens is 1. The zero-order valence-electron chi connectivity index (χ0n) is 23.3. The SMILES string of the molecule is CCC(C)c1ccccc1-c1ncc2c(N3CC4CCC(C4)C3)nc(OCC34CCCN3CCC4)nc2c1F. The molecule has 1 aromatic carbocycles. The van der Waals surface area contributed by atoms with Crippen LogP contribution < -0.4 is 9.64 Å². The molecule has 0 N–H and O–H groups in total. The maximum Gasteiger partial charge on any atom is 0.319 e. The van der Waals surface area contributed by atoms with Crippen LogP contribution in [0, 0.1) is 17.7 Å². The average Bonchev–Trinajstić information content (AvgIpc) is 3.65. The lowest BCUT2D eigenvalue weighted by atomic mass is 9.91. The summed E-state index contributed by atoms with van der Waals surface area (Å²) in [5.41, 5.74) is 2.73. The fraction of sp³-hybridized carbons (Fsp3) is 0.594. The molecule has 0 spiro atoms. The second-order valence-electron chi connectivity index (χ2n) is 12.6. The van der Waals surface area contributed by atoms with Crippen LogP contribution in [0.4, 0.5) is 10.2 Å². The summed E-state index contributed by atoms with van der Waals surface area (Å²) in [6, 6.07) is 8.36. The quantitative estimate of drug-likeness (QED) is 0.344. The molecule has 6 nitrogen and oxygen atoms in total. The molecule has 0 amide bonds. The van der Waals surface area contributed by atoms with E-state index in [4.69, 9.17) is 19.7 Å². The van der Waals surface area contributed by atoms with Crippen LogP contribution in [-0.2, 0) is 0 Å². The Kier molecular flexibility index (Phi) is 6.45. The van der Waals surface area contributed by atoms with E-state index in [-0.39, 0.29) is 11.4 Å². The van der Waals surface area contributed by atoms with E-state index in [1.165, 1.54) is 32.1 Å². The summed E-state index contributed by atoms with van der Waals surface area (Å²) in [6.07, 6.45) is 11.3. The minimum atomic E-state index is -0.377. The molecule has 5 heterocycles. The minimum absolute atomic E-state index is 0.0832. The van der Waals surface area contributed by atoms with Gasteiger partial charge in [0.1, 0.15) is 23.6 Å². The van der Waals surface area contributed by atoms with E-state index < -0.39 is 0 Å². The maximum atomic E-state index is 16.5. The van der Waals surface area contributed by atoms with Gasteiger partial charge in [0.15, 0.2) is 5.82 Å². The molecular formula is C32H40FN5O. The number of fused-ring (bicyclic) bond motifs is 4. The number of pyridine rings is 1. The minimum Gasteiger partial charge on any atom is -0.461 e. The summed E-state index contributed by atoms with van der Waals surface area (Å²) >= 11 is 0. The van der Waals surface area contributed by atoms with Gasteiger partial charge in [-0.1, -0.05) is 38.1 Å². The molecule has 4 aliphatic rings. The number of benzene rings is 1. The van der Waals surface area contributed by atoms with Crippen LogP contribution in [0.5, 0.6) is 6.01 Å². The Morgan fingerprint density at radius 1 is 1.08 bits per heavy atom. The highest BCUT2D eigenvalue weighted by Crippen LogP contribution is 2.42. The molecule has 3 unspecified atom stereocenters. The van der Waals surface area contributed by atoms with Crippen LogP contribution >= 0.6 is 0 Å². The number of hydrogen-bond acceptors (Lipinski definition) is 6. The molecule has 7 heteroatoms. The van der Waals surface area contributed by atoms with Crippen molar-refractivity contribution in [3.05, 3.63) is 41.8 Å². The van der Waals surface area contributed by atoms with Gasteiger partial charge in [0.25, 0.3) is 0 Å². The highest BCUT2D eigenvalue weighted by atomic mass is 19.1. The van der Waals surface area contributed by atoms with Crippen molar-refractivity contribution in [2.24, 2.45) is 11.8 Å². The third-order valence-electron chi connectivity index (χ3n) is 10.2. The molecule has 3 aliphatic heterocycles. The molecule has 1 saturated carbocycles. The summed E-state index contributed by atoms with van der Waals surface area (Å²) in [7, 11) is 0. The Morgan fingerprint density at radius 3 is 2.56 bits per heavy atom. The van der Waals surface area contributed by atoms with Crippen LogP contribution in [0.2, 0.25) is 0 Å². The molecule has 3 atom stereocenters. The van der Waals surface area contributed by atoms with Crippen LogP contribution in [-0.4, -0.2) is 58.2 Å². The van der Waals surface area contributed by atoms with Gasteiger partial charge in [-0.05, 0) is 87.8 Å². The first kappa shape index (κ1) is 25.2. The van der Waals surface area contributed by atoms with Gasteiger partial charge in [-0.3, -0.25) is 9.88 Å². The molecule has 1 aliphatic carbocycles. The van der Waals surface area contributed by atoms with Crippen molar-refractivity contribution < 1.29 is 9.13 Å². The van der Waals surface area contributed by atoms with Gasteiger partial charge in [-0.2, -0.15) is 9.97 Å². The number of anilines is 1. The van der Waals surface area contributed by atoms with Gasteiger partial charge in [-0.25, -0.2) is 4.39 Å². The van der Waals surface area contributed by atoms with E-state index in [2.05, 4.69) is 29.7 Å². The first-order valence-corrected chi connectivity index (χ1v) is 15.1. The summed E-state index contributed by atoms with van der Waals surface area (Å²) < 4.78 is 22.9. The Morgan fingerprint density at radius 2 is 1.82 bits per heavy atom. The van der Waals surface area contributed by atoms with Gasteiger partial charge >= 0.3 is 6.01 Å². The van der Waals surface area contributed by atoms with E-state index in [0.29, 0.717) is 47.0 Å². The van der Waals surface area contributed by atoms with Crippen molar-refractivity contribution in [2.75, 3.05) is 37.7 Å². The lowest BCUT2D eigenvalue weighted by Crippen LogP contribution is -2.43. The molecule has 2 bridgehead atoms. The Labute approximate surface area is 231 Å².